The van der Waals surface area contributed by atoms with E-state index in [-0.39, 0.29) is 22.8 Å². The maximum Gasteiger partial charge on any atom is 0.164 e. The Morgan fingerprint density at radius 3 is 2.88 bits per heavy atom. The summed E-state index contributed by atoms with van der Waals surface area (Å²) in [5.41, 5.74) is 12.3. The number of benzene rings is 1. The second kappa shape index (κ2) is 7.57. The number of hydrogen-bond acceptors (Lipinski definition) is 8. The molecule has 1 aromatic carbocycles. The minimum atomic E-state index is -1.45. The van der Waals surface area contributed by atoms with Crippen LogP contribution in [0.5, 0.6) is 0 Å². The van der Waals surface area contributed by atoms with Gasteiger partial charge in [0.05, 0.1) is 21.5 Å². The van der Waals surface area contributed by atoms with Crippen molar-refractivity contribution in [2.24, 2.45) is 5.92 Å². The number of halogens is 2. The summed E-state index contributed by atoms with van der Waals surface area (Å²) in [5.74, 6) is -0.246. The van der Waals surface area contributed by atoms with Crippen molar-refractivity contribution in [3.63, 3.8) is 0 Å². The molecule has 0 amide bonds. The van der Waals surface area contributed by atoms with Crippen molar-refractivity contribution < 1.29 is 19.3 Å². The van der Waals surface area contributed by atoms with Gasteiger partial charge in [-0.15, -0.1) is 0 Å². The van der Waals surface area contributed by atoms with E-state index in [1.165, 1.54) is 17.1 Å². The molecule has 1 saturated heterocycles. The van der Waals surface area contributed by atoms with Gasteiger partial charge in [-0.25, -0.2) is 19.3 Å². The summed E-state index contributed by atoms with van der Waals surface area (Å²) in [4.78, 5) is 12.4. The number of hydrogen-bond donors (Lipinski definition) is 4. The van der Waals surface area contributed by atoms with Gasteiger partial charge in [0, 0.05) is 11.6 Å². The van der Waals surface area contributed by atoms with Crippen LogP contribution in [-0.2, 0) is 11.2 Å². The maximum absolute atomic E-state index is 14.6. The van der Waals surface area contributed by atoms with Gasteiger partial charge in [-0.1, -0.05) is 12.1 Å². The summed E-state index contributed by atoms with van der Waals surface area (Å²) in [6.45, 7) is 0. The van der Waals surface area contributed by atoms with Crippen LogP contribution in [0.4, 0.5) is 16.0 Å². The molecule has 5 atom stereocenters. The number of fused-ring (bicyclic) bond motifs is 3. The Morgan fingerprint density at radius 1 is 1.24 bits per heavy atom. The van der Waals surface area contributed by atoms with Gasteiger partial charge in [-0.05, 0) is 58.8 Å². The van der Waals surface area contributed by atoms with Crippen LogP contribution in [0.3, 0.4) is 0 Å². The SMILES string of the molecule is Nc1nc2cc(C[C@@H]3CC[C@]4(O)C(O)[C@H](n5cc(F)c6c(N)ncnc65)O[C@H]34)ccc2cc1Br. The lowest BCUT2D eigenvalue weighted by Crippen LogP contribution is -2.45. The summed E-state index contributed by atoms with van der Waals surface area (Å²) in [5, 5.41) is 23.5. The number of nitrogen functional groups attached to an aromatic ring is 2. The van der Waals surface area contributed by atoms with Crippen molar-refractivity contribution in [1.29, 1.82) is 0 Å². The second-order valence-electron chi connectivity index (χ2n) is 9.11. The first kappa shape index (κ1) is 21.7. The standard InChI is InChI=1S/C23H22BrFN6O3/c24-13-7-11-2-1-10(6-15(11)30-19(13)26)5-12-3-4-23(33)17(32)22(34-18(12)23)31-8-14(25)16-20(27)28-9-29-21(16)31/h1-2,6-9,12,17-18,22,32-33H,3-5H2,(H2,26,30)(H2,27,28,29)/t12-,17?,18+,22+,23-/m0/s1. The van der Waals surface area contributed by atoms with E-state index in [0.717, 1.165) is 20.9 Å². The average Bonchev–Trinajstić information content (AvgIpc) is 3.39. The largest absolute Gasteiger partial charge is 0.385 e. The van der Waals surface area contributed by atoms with Crippen LogP contribution in [0.15, 0.2) is 41.3 Å². The van der Waals surface area contributed by atoms with Crippen LogP contribution in [-0.4, -0.2) is 47.5 Å². The first-order valence-electron chi connectivity index (χ1n) is 10.9. The topological polar surface area (TPSA) is 145 Å². The van der Waals surface area contributed by atoms with E-state index >= 15 is 0 Å². The summed E-state index contributed by atoms with van der Waals surface area (Å²) in [6, 6.07) is 7.90. The molecule has 0 bridgehead atoms. The van der Waals surface area contributed by atoms with E-state index in [4.69, 9.17) is 16.2 Å². The fourth-order valence-electron chi connectivity index (χ4n) is 5.45. The highest BCUT2D eigenvalue weighted by atomic mass is 79.9. The number of aliphatic hydroxyl groups is 2. The summed E-state index contributed by atoms with van der Waals surface area (Å²) < 4.78 is 22.9. The van der Waals surface area contributed by atoms with E-state index < -0.39 is 29.9 Å². The molecular weight excluding hydrogens is 507 g/mol. The third-order valence-corrected chi connectivity index (χ3v) is 7.77. The fraction of sp³-hybridized carbons (Fsp3) is 0.348. The summed E-state index contributed by atoms with van der Waals surface area (Å²) in [6.07, 6.45) is 1.17. The molecule has 1 saturated carbocycles. The van der Waals surface area contributed by atoms with Gasteiger partial charge in [0.15, 0.2) is 17.7 Å². The predicted octanol–water partition coefficient (Wildman–Crippen LogP) is 2.69. The number of rotatable bonds is 3. The van der Waals surface area contributed by atoms with Gasteiger partial charge < -0.3 is 31.0 Å². The zero-order chi connectivity index (χ0) is 23.8. The molecule has 4 heterocycles. The number of aromatic nitrogens is 4. The molecule has 1 aliphatic heterocycles. The lowest BCUT2D eigenvalue weighted by atomic mass is 9.90. The Labute approximate surface area is 201 Å². The Bertz CT molecular complexity index is 1450. The quantitative estimate of drug-likeness (QED) is 0.317. The van der Waals surface area contributed by atoms with E-state index in [0.29, 0.717) is 25.1 Å². The normalized spacial score (nSPS) is 28.7. The average molecular weight is 529 g/mol. The van der Waals surface area contributed by atoms with Crippen LogP contribution < -0.4 is 11.5 Å². The molecule has 0 spiro atoms. The number of aliphatic hydroxyl groups excluding tert-OH is 1. The van der Waals surface area contributed by atoms with Crippen molar-refractivity contribution in [3.05, 3.63) is 52.6 Å². The van der Waals surface area contributed by atoms with Gasteiger partial charge >= 0.3 is 0 Å². The number of nitrogens with zero attached hydrogens (tertiary/aromatic N) is 4. The zero-order valence-corrected chi connectivity index (χ0v) is 19.5. The van der Waals surface area contributed by atoms with Crippen LogP contribution in [0, 0.1) is 11.7 Å². The molecule has 11 heteroatoms. The highest BCUT2D eigenvalue weighted by Gasteiger charge is 2.61. The highest BCUT2D eigenvalue weighted by molar-refractivity contribution is 9.10. The minimum Gasteiger partial charge on any atom is -0.385 e. The molecule has 2 fully saturated rings. The Balaban J connectivity index is 1.31. The number of nitrogens with two attached hydrogens (primary N) is 2. The Hall–Kier alpha value is -2.86. The number of anilines is 2. The van der Waals surface area contributed by atoms with Crippen molar-refractivity contribution in [2.45, 2.75) is 43.3 Å². The zero-order valence-electron chi connectivity index (χ0n) is 17.9. The molecule has 0 radical (unpaired) electrons. The van der Waals surface area contributed by atoms with E-state index in [2.05, 4.69) is 30.9 Å². The predicted molar refractivity (Wildman–Crippen MR) is 127 cm³/mol. The smallest absolute Gasteiger partial charge is 0.164 e. The van der Waals surface area contributed by atoms with Crippen LogP contribution in [0.1, 0.15) is 24.6 Å². The van der Waals surface area contributed by atoms with Gasteiger partial charge in [0.2, 0.25) is 0 Å². The van der Waals surface area contributed by atoms with Crippen molar-refractivity contribution in [2.75, 3.05) is 11.5 Å². The maximum atomic E-state index is 14.6. The molecule has 34 heavy (non-hydrogen) atoms. The van der Waals surface area contributed by atoms with Crippen LogP contribution >= 0.6 is 15.9 Å². The second-order valence-corrected chi connectivity index (χ2v) is 9.96. The molecule has 1 unspecified atom stereocenters. The summed E-state index contributed by atoms with van der Waals surface area (Å²) >= 11 is 3.40. The minimum absolute atomic E-state index is 0.00287. The third-order valence-electron chi connectivity index (χ3n) is 7.13. The van der Waals surface area contributed by atoms with Crippen molar-refractivity contribution >= 4 is 49.5 Å². The van der Waals surface area contributed by atoms with Gasteiger partial charge in [-0.3, -0.25) is 0 Å². The van der Waals surface area contributed by atoms with Gasteiger partial charge in [0.1, 0.15) is 29.7 Å². The summed E-state index contributed by atoms with van der Waals surface area (Å²) in [7, 11) is 0. The highest BCUT2D eigenvalue weighted by Crippen LogP contribution is 2.51. The van der Waals surface area contributed by atoms with E-state index in [9.17, 15) is 14.6 Å². The van der Waals surface area contributed by atoms with E-state index in [1.54, 1.807) is 0 Å². The molecule has 176 valence electrons. The number of ether oxygens (including phenoxy) is 1. The molecule has 9 nitrogen and oxygen atoms in total. The molecule has 6 N–H and O–H groups in total. The van der Waals surface area contributed by atoms with Crippen LogP contribution in [0.25, 0.3) is 21.9 Å². The molecule has 4 aromatic rings. The first-order chi connectivity index (χ1) is 16.3. The monoisotopic (exact) mass is 528 g/mol. The molecule has 2 aliphatic rings. The molecular formula is C23H22BrFN6O3. The third kappa shape index (κ3) is 3.11. The van der Waals surface area contributed by atoms with Gasteiger partial charge in [0.25, 0.3) is 0 Å². The lowest BCUT2D eigenvalue weighted by Gasteiger charge is -2.26. The fourth-order valence-corrected chi connectivity index (χ4v) is 5.78. The first-order valence-corrected chi connectivity index (χ1v) is 11.7. The Morgan fingerprint density at radius 2 is 2.06 bits per heavy atom. The van der Waals surface area contributed by atoms with Crippen LogP contribution in [0.2, 0.25) is 0 Å². The van der Waals surface area contributed by atoms with Gasteiger partial charge in [-0.2, -0.15) is 0 Å². The molecule has 1 aliphatic carbocycles. The Kier molecular flexibility index (Phi) is 4.82. The van der Waals surface area contributed by atoms with Crippen molar-refractivity contribution in [3.8, 4) is 0 Å². The molecule has 6 rings (SSSR count). The number of pyridine rings is 1. The van der Waals surface area contributed by atoms with Crippen molar-refractivity contribution in [1.82, 2.24) is 19.5 Å². The molecule has 3 aromatic heterocycles. The van der Waals surface area contributed by atoms with E-state index in [1.807, 2.05) is 24.3 Å². The lowest BCUT2D eigenvalue weighted by molar-refractivity contribution is -0.0675.